The summed E-state index contributed by atoms with van der Waals surface area (Å²) >= 11 is 0. The van der Waals surface area contributed by atoms with Gasteiger partial charge in [-0.05, 0) is 19.4 Å². The molecular formula is C14H16F3N3O3. The molecule has 0 N–H and O–H groups in total. The SMILES string of the molecule is COC(C)(C)c1noc(Cn2cc(CC(F)(F)F)ccc2=O)n1. The zero-order chi connectivity index (χ0) is 17.3. The molecule has 6 nitrogen and oxygen atoms in total. The number of methoxy groups -OCH3 is 1. The van der Waals surface area contributed by atoms with Gasteiger partial charge in [0.05, 0.1) is 6.42 Å². The first-order chi connectivity index (χ1) is 10.6. The fourth-order valence-electron chi connectivity index (χ4n) is 1.84. The number of nitrogens with zero attached hydrogens (tertiary/aromatic N) is 3. The lowest BCUT2D eigenvalue weighted by Gasteiger charge is -2.17. The van der Waals surface area contributed by atoms with Crippen LogP contribution in [0.2, 0.25) is 0 Å². The Hall–Kier alpha value is -2.16. The number of hydrogen-bond acceptors (Lipinski definition) is 5. The van der Waals surface area contributed by atoms with Crippen LogP contribution in [0.25, 0.3) is 0 Å². The van der Waals surface area contributed by atoms with Gasteiger partial charge in [-0.1, -0.05) is 11.2 Å². The molecule has 23 heavy (non-hydrogen) atoms. The van der Waals surface area contributed by atoms with Gasteiger partial charge >= 0.3 is 6.18 Å². The second kappa shape index (κ2) is 6.15. The van der Waals surface area contributed by atoms with E-state index in [2.05, 4.69) is 10.1 Å². The summed E-state index contributed by atoms with van der Waals surface area (Å²) in [6.45, 7) is 3.35. The third-order valence-electron chi connectivity index (χ3n) is 3.27. The van der Waals surface area contributed by atoms with Crippen molar-refractivity contribution in [2.24, 2.45) is 0 Å². The molecule has 0 aliphatic carbocycles. The van der Waals surface area contributed by atoms with Crippen LogP contribution >= 0.6 is 0 Å². The van der Waals surface area contributed by atoms with Crippen LogP contribution in [-0.4, -0.2) is 28.0 Å². The average molecular weight is 331 g/mol. The van der Waals surface area contributed by atoms with E-state index in [1.165, 1.54) is 7.11 Å². The standard InChI is InChI=1S/C14H16F3N3O3/c1-13(2,22-3)12-18-10(23-19-12)8-20-7-9(4-5-11(20)21)6-14(15,16)17/h4-5,7H,6,8H2,1-3H3. The van der Waals surface area contributed by atoms with Gasteiger partial charge in [0.2, 0.25) is 11.7 Å². The summed E-state index contributed by atoms with van der Waals surface area (Å²) in [7, 11) is 1.49. The molecule has 0 saturated heterocycles. The molecule has 0 aromatic carbocycles. The van der Waals surface area contributed by atoms with E-state index in [9.17, 15) is 18.0 Å². The molecule has 0 bridgehead atoms. The van der Waals surface area contributed by atoms with Gasteiger partial charge in [0.25, 0.3) is 5.56 Å². The molecule has 0 spiro atoms. The third kappa shape index (κ3) is 4.41. The molecule has 2 rings (SSSR count). The lowest BCUT2D eigenvalue weighted by molar-refractivity contribution is -0.127. The first kappa shape index (κ1) is 17.2. The van der Waals surface area contributed by atoms with Crippen molar-refractivity contribution in [3.63, 3.8) is 0 Å². The minimum absolute atomic E-state index is 0.0194. The van der Waals surface area contributed by atoms with E-state index in [1.54, 1.807) is 13.8 Å². The highest BCUT2D eigenvalue weighted by atomic mass is 19.4. The van der Waals surface area contributed by atoms with E-state index < -0.39 is 23.8 Å². The second-order valence-electron chi connectivity index (χ2n) is 5.52. The highest BCUT2D eigenvalue weighted by molar-refractivity contribution is 5.12. The van der Waals surface area contributed by atoms with Crippen LogP contribution in [0.4, 0.5) is 13.2 Å². The fraction of sp³-hybridized carbons (Fsp3) is 0.500. The minimum atomic E-state index is -4.34. The van der Waals surface area contributed by atoms with E-state index in [4.69, 9.17) is 9.26 Å². The summed E-state index contributed by atoms with van der Waals surface area (Å²) in [5, 5.41) is 3.76. The third-order valence-corrected chi connectivity index (χ3v) is 3.27. The summed E-state index contributed by atoms with van der Waals surface area (Å²) in [4.78, 5) is 15.9. The molecule has 0 fully saturated rings. The number of alkyl halides is 3. The predicted molar refractivity (Wildman–Crippen MR) is 73.9 cm³/mol. The summed E-state index contributed by atoms with van der Waals surface area (Å²) in [5.41, 5.74) is -1.25. The topological polar surface area (TPSA) is 70.2 Å². The summed E-state index contributed by atoms with van der Waals surface area (Å²) in [6.07, 6.45) is -4.32. The molecule has 2 aromatic rings. The largest absolute Gasteiger partial charge is 0.393 e. The van der Waals surface area contributed by atoms with Crippen molar-refractivity contribution in [2.75, 3.05) is 7.11 Å². The molecule has 0 aliphatic rings. The first-order valence-corrected chi connectivity index (χ1v) is 6.75. The Morgan fingerprint density at radius 2 is 2.00 bits per heavy atom. The van der Waals surface area contributed by atoms with Crippen LogP contribution in [0, 0.1) is 0 Å². The van der Waals surface area contributed by atoms with Crippen molar-refractivity contribution in [1.82, 2.24) is 14.7 Å². The van der Waals surface area contributed by atoms with Crippen LogP contribution in [-0.2, 0) is 23.3 Å². The molecule has 0 radical (unpaired) electrons. The molecule has 126 valence electrons. The van der Waals surface area contributed by atoms with Gasteiger partial charge < -0.3 is 13.8 Å². The van der Waals surface area contributed by atoms with Gasteiger partial charge in [-0.3, -0.25) is 4.79 Å². The Kier molecular flexibility index (Phi) is 4.60. The zero-order valence-corrected chi connectivity index (χ0v) is 12.8. The van der Waals surface area contributed by atoms with Crippen molar-refractivity contribution >= 4 is 0 Å². The van der Waals surface area contributed by atoms with Gasteiger partial charge in [-0.15, -0.1) is 0 Å². The Morgan fingerprint density at radius 1 is 1.30 bits per heavy atom. The molecule has 0 unspecified atom stereocenters. The molecular weight excluding hydrogens is 315 g/mol. The van der Waals surface area contributed by atoms with Crippen LogP contribution in [0.5, 0.6) is 0 Å². The van der Waals surface area contributed by atoms with Crippen LogP contribution in [0.3, 0.4) is 0 Å². The maximum atomic E-state index is 12.4. The Balaban J connectivity index is 2.23. The normalized spacial score (nSPS) is 12.6. The number of halogens is 3. The average Bonchev–Trinajstić information content (AvgIpc) is 2.90. The smallest absolute Gasteiger partial charge is 0.371 e. The summed E-state index contributed by atoms with van der Waals surface area (Å²) < 4.78 is 48.6. The number of rotatable bonds is 5. The fourth-order valence-corrected chi connectivity index (χ4v) is 1.84. The van der Waals surface area contributed by atoms with E-state index in [0.29, 0.717) is 0 Å². The van der Waals surface area contributed by atoms with Crippen LogP contribution in [0.15, 0.2) is 27.6 Å². The van der Waals surface area contributed by atoms with Gasteiger partial charge in [0.1, 0.15) is 12.1 Å². The lowest BCUT2D eigenvalue weighted by atomic mass is 10.1. The number of aromatic nitrogens is 3. The van der Waals surface area contributed by atoms with E-state index in [0.717, 1.165) is 22.9 Å². The molecule has 0 aliphatic heterocycles. The second-order valence-corrected chi connectivity index (χ2v) is 5.52. The van der Waals surface area contributed by atoms with Crippen molar-refractivity contribution < 1.29 is 22.4 Å². The molecule has 2 heterocycles. The van der Waals surface area contributed by atoms with Crippen LogP contribution in [0.1, 0.15) is 31.1 Å². The number of ether oxygens (including phenoxy) is 1. The zero-order valence-electron chi connectivity index (χ0n) is 12.8. The molecule has 2 aromatic heterocycles. The predicted octanol–water partition coefficient (Wildman–Crippen LogP) is 2.27. The monoisotopic (exact) mass is 331 g/mol. The first-order valence-electron chi connectivity index (χ1n) is 6.75. The van der Waals surface area contributed by atoms with E-state index in [1.807, 2.05) is 0 Å². The Bertz CT molecular complexity index is 735. The van der Waals surface area contributed by atoms with Crippen molar-refractivity contribution in [2.45, 2.75) is 38.6 Å². The number of pyridine rings is 1. The summed E-state index contributed by atoms with van der Waals surface area (Å²) in [6, 6.07) is 2.23. The van der Waals surface area contributed by atoms with Gasteiger partial charge in [0.15, 0.2) is 0 Å². The van der Waals surface area contributed by atoms with Gasteiger partial charge in [0, 0.05) is 19.4 Å². The summed E-state index contributed by atoms with van der Waals surface area (Å²) in [5.74, 6) is 0.394. The van der Waals surface area contributed by atoms with Crippen molar-refractivity contribution in [3.05, 3.63) is 46.0 Å². The maximum Gasteiger partial charge on any atom is 0.393 e. The van der Waals surface area contributed by atoms with E-state index in [-0.39, 0.29) is 23.8 Å². The van der Waals surface area contributed by atoms with Crippen molar-refractivity contribution in [3.8, 4) is 0 Å². The highest BCUT2D eigenvalue weighted by Crippen LogP contribution is 2.21. The van der Waals surface area contributed by atoms with Crippen molar-refractivity contribution in [1.29, 1.82) is 0 Å². The molecule has 0 saturated carbocycles. The Labute approximate surface area is 129 Å². The molecule has 0 amide bonds. The number of hydrogen-bond donors (Lipinski definition) is 0. The van der Waals surface area contributed by atoms with Crippen LogP contribution < -0.4 is 5.56 Å². The lowest BCUT2D eigenvalue weighted by Crippen LogP contribution is -2.23. The van der Waals surface area contributed by atoms with Gasteiger partial charge in [-0.2, -0.15) is 18.2 Å². The quantitative estimate of drug-likeness (QED) is 0.840. The highest BCUT2D eigenvalue weighted by Gasteiger charge is 2.28. The molecule has 9 heteroatoms. The van der Waals surface area contributed by atoms with E-state index >= 15 is 0 Å². The maximum absolute atomic E-state index is 12.4. The molecule has 0 atom stereocenters. The Morgan fingerprint density at radius 3 is 2.61 bits per heavy atom. The minimum Gasteiger partial charge on any atom is -0.371 e. The van der Waals surface area contributed by atoms with Gasteiger partial charge in [-0.25, -0.2) is 0 Å².